The Bertz CT molecular complexity index is 539. The molecule has 138 valence electrons. The molecule has 3 aliphatic heterocycles. The molecule has 0 aromatic rings. The lowest BCUT2D eigenvalue weighted by Gasteiger charge is -2.36. The molecule has 0 bridgehead atoms. The average molecular weight is 360 g/mol. The van der Waals surface area contributed by atoms with Crippen LogP contribution in [0.15, 0.2) is 0 Å². The number of hydrogen-bond acceptors (Lipinski definition) is 5. The summed E-state index contributed by atoms with van der Waals surface area (Å²) in [4.78, 5) is 14.7. The van der Waals surface area contributed by atoms with Gasteiger partial charge in [0.1, 0.15) is 6.04 Å². The molecule has 3 aliphatic rings. The van der Waals surface area contributed by atoms with Crippen LogP contribution in [0.25, 0.3) is 0 Å². The van der Waals surface area contributed by atoms with Crippen molar-refractivity contribution in [3.8, 4) is 0 Å². The molecule has 24 heavy (non-hydrogen) atoms. The van der Waals surface area contributed by atoms with Gasteiger partial charge in [-0.3, -0.25) is 4.79 Å². The molecule has 3 fully saturated rings. The van der Waals surface area contributed by atoms with Crippen LogP contribution in [0.3, 0.4) is 0 Å². The Balaban J connectivity index is 1.58. The second-order valence-corrected chi connectivity index (χ2v) is 8.90. The smallest absolute Gasteiger partial charge is 0.241 e. The molecule has 0 radical (unpaired) electrons. The third-order valence-electron chi connectivity index (χ3n) is 5.19. The number of ether oxygens (including phenoxy) is 2. The molecule has 3 heterocycles. The number of sulfonamides is 1. The summed E-state index contributed by atoms with van der Waals surface area (Å²) in [5.74, 6) is 0.425. The maximum absolute atomic E-state index is 12.8. The monoisotopic (exact) mass is 360 g/mol. The van der Waals surface area contributed by atoms with E-state index in [1.54, 1.807) is 0 Å². The first-order chi connectivity index (χ1) is 11.5. The lowest BCUT2D eigenvalue weighted by molar-refractivity contribution is -0.140. The molecule has 1 amide bonds. The molecule has 0 aromatic heterocycles. The maximum Gasteiger partial charge on any atom is 0.241 e. The predicted molar refractivity (Wildman–Crippen MR) is 88.8 cm³/mol. The summed E-state index contributed by atoms with van der Waals surface area (Å²) in [6.07, 6.45) is 3.55. The number of amides is 1. The molecule has 7 nitrogen and oxygen atoms in total. The van der Waals surface area contributed by atoms with Gasteiger partial charge in [0.05, 0.1) is 19.0 Å². The van der Waals surface area contributed by atoms with Gasteiger partial charge in [0.2, 0.25) is 15.9 Å². The molecule has 1 unspecified atom stereocenters. The summed E-state index contributed by atoms with van der Waals surface area (Å²) in [5.41, 5.74) is 0. The zero-order valence-electron chi connectivity index (χ0n) is 14.4. The van der Waals surface area contributed by atoms with E-state index in [0.29, 0.717) is 51.6 Å². The van der Waals surface area contributed by atoms with Crippen LogP contribution < -0.4 is 0 Å². The Morgan fingerprint density at radius 3 is 2.38 bits per heavy atom. The fourth-order valence-corrected chi connectivity index (χ4v) is 5.69. The highest BCUT2D eigenvalue weighted by Crippen LogP contribution is 2.29. The standard InChI is InChI=1S/C16H28N2O5S/c1-2-12-24(20,21)18-7-3-4-14(18)15(19)17-8-5-13(6-9-17)16-22-10-11-23-16/h13-14,16H,2-12H2,1H3. The van der Waals surface area contributed by atoms with Gasteiger partial charge in [-0.05, 0) is 32.1 Å². The van der Waals surface area contributed by atoms with Gasteiger partial charge in [0.15, 0.2) is 6.29 Å². The lowest BCUT2D eigenvalue weighted by atomic mass is 9.95. The first-order valence-corrected chi connectivity index (χ1v) is 10.7. The quantitative estimate of drug-likeness (QED) is 0.725. The topological polar surface area (TPSA) is 76.2 Å². The van der Waals surface area contributed by atoms with Crippen LogP contribution in [0.2, 0.25) is 0 Å². The Hall–Kier alpha value is -0.700. The van der Waals surface area contributed by atoms with Crippen molar-refractivity contribution in [2.75, 3.05) is 38.6 Å². The van der Waals surface area contributed by atoms with E-state index in [-0.39, 0.29) is 18.0 Å². The van der Waals surface area contributed by atoms with Crippen molar-refractivity contribution in [2.24, 2.45) is 5.92 Å². The van der Waals surface area contributed by atoms with E-state index in [1.807, 2.05) is 11.8 Å². The minimum Gasteiger partial charge on any atom is -0.350 e. The second kappa shape index (κ2) is 7.68. The molecule has 0 aromatic carbocycles. The molecule has 1 atom stereocenters. The zero-order chi connectivity index (χ0) is 17.2. The van der Waals surface area contributed by atoms with E-state index in [2.05, 4.69) is 0 Å². The Morgan fingerprint density at radius 2 is 1.75 bits per heavy atom. The van der Waals surface area contributed by atoms with E-state index < -0.39 is 16.1 Å². The van der Waals surface area contributed by atoms with Crippen molar-refractivity contribution in [1.82, 2.24) is 9.21 Å². The highest BCUT2D eigenvalue weighted by molar-refractivity contribution is 7.89. The molecule has 3 rings (SSSR count). The van der Waals surface area contributed by atoms with Gasteiger partial charge in [-0.2, -0.15) is 4.31 Å². The summed E-state index contributed by atoms with van der Waals surface area (Å²) < 4.78 is 37.3. The normalized spacial score (nSPS) is 27.9. The Morgan fingerprint density at radius 1 is 1.08 bits per heavy atom. The van der Waals surface area contributed by atoms with Crippen molar-refractivity contribution in [2.45, 2.75) is 51.4 Å². The predicted octanol–water partition coefficient (Wildman–Crippen LogP) is 0.802. The van der Waals surface area contributed by atoms with Crippen LogP contribution in [0.5, 0.6) is 0 Å². The number of carbonyl (C=O) groups is 1. The maximum atomic E-state index is 12.8. The van der Waals surface area contributed by atoms with Crippen molar-refractivity contribution in [3.63, 3.8) is 0 Å². The molecular formula is C16H28N2O5S. The summed E-state index contributed by atoms with van der Waals surface area (Å²) >= 11 is 0. The van der Waals surface area contributed by atoms with Gasteiger partial charge in [0, 0.05) is 25.6 Å². The van der Waals surface area contributed by atoms with Gasteiger partial charge in [-0.1, -0.05) is 6.92 Å². The van der Waals surface area contributed by atoms with Gasteiger partial charge < -0.3 is 14.4 Å². The van der Waals surface area contributed by atoms with Gasteiger partial charge in [-0.25, -0.2) is 8.42 Å². The number of likely N-dealkylation sites (tertiary alicyclic amines) is 1. The van der Waals surface area contributed by atoms with Crippen molar-refractivity contribution < 1.29 is 22.7 Å². The largest absolute Gasteiger partial charge is 0.350 e. The Kier molecular flexibility index (Phi) is 5.79. The number of rotatable bonds is 5. The summed E-state index contributed by atoms with van der Waals surface area (Å²) in [6, 6.07) is -0.503. The molecule has 0 aliphatic carbocycles. The average Bonchev–Trinajstić information content (AvgIpc) is 3.26. The highest BCUT2D eigenvalue weighted by atomic mass is 32.2. The fourth-order valence-electron chi connectivity index (χ4n) is 3.95. The van der Waals surface area contributed by atoms with Crippen LogP contribution in [-0.4, -0.2) is 74.5 Å². The molecule has 0 saturated carbocycles. The van der Waals surface area contributed by atoms with E-state index in [0.717, 1.165) is 19.3 Å². The second-order valence-electron chi connectivity index (χ2n) is 6.86. The van der Waals surface area contributed by atoms with Gasteiger partial charge in [0.25, 0.3) is 0 Å². The van der Waals surface area contributed by atoms with Gasteiger partial charge in [-0.15, -0.1) is 0 Å². The third kappa shape index (κ3) is 3.76. The van der Waals surface area contributed by atoms with E-state index >= 15 is 0 Å². The van der Waals surface area contributed by atoms with Crippen LogP contribution in [0.1, 0.15) is 39.0 Å². The van der Waals surface area contributed by atoms with Crippen molar-refractivity contribution in [1.29, 1.82) is 0 Å². The zero-order valence-corrected chi connectivity index (χ0v) is 15.2. The Labute approximate surface area is 144 Å². The molecule has 3 saturated heterocycles. The van der Waals surface area contributed by atoms with E-state index in [1.165, 1.54) is 4.31 Å². The minimum absolute atomic E-state index is 0.0288. The molecule has 0 N–H and O–H groups in total. The number of piperidine rings is 1. The first-order valence-electron chi connectivity index (χ1n) is 9.04. The summed E-state index contributed by atoms with van der Waals surface area (Å²) in [6.45, 7) is 4.93. The summed E-state index contributed by atoms with van der Waals surface area (Å²) in [5, 5.41) is 0. The first kappa shape index (κ1) is 18.1. The molecule has 0 spiro atoms. The van der Waals surface area contributed by atoms with Crippen LogP contribution in [0.4, 0.5) is 0 Å². The van der Waals surface area contributed by atoms with E-state index in [4.69, 9.17) is 9.47 Å². The SMILES string of the molecule is CCCS(=O)(=O)N1CCCC1C(=O)N1CCC(C2OCCO2)CC1. The number of carbonyl (C=O) groups excluding carboxylic acids is 1. The van der Waals surface area contributed by atoms with Crippen LogP contribution in [-0.2, 0) is 24.3 Å². The van der Waals surface area contributed by atoms with Crippen LogP contribution >= 0.6 is 0 Å². The lowest BCUT2D eigenvalue weighted by Crippen LogP contribution is -2.51. The number of hydrogen-bond donors (Lipinski definition) is 0. The fraction of sp³-hybridized carbons (Fsp3) is 0.938. The molecule has 8 heteroatoms. The van der Waals surface area contributed by atoms with Crippen molar-refractivity contribution >= 4 is 15.9 Å². The third-order valence-corrected chi connectivity index (χ3v) is 7.27. The summed E-state index contributed by atoms with van der Waals surface area (Å²) in [7, 11) is -3.32. The number of nitrogens with zero attached hydrogens (tertiary/aromatic N) is 2. The minimum atomic E-state index is -3.32. The van der Waals surface area contributed by atoms with Crippen LogP contribution in [0, 0.1) is 5.92 Å². The van der Waals surface area contributed by atoms with Gasteiger partial charge >= 0.3 is 0 Å². The highest BCUT2D eigenvalue weighted by Gasteiger charge is 2.41. The van der Waals surface area contributed by atoms with Crippen molar-refractivity contribution in [3.05, 3.63) is 0 Å². The molecular weight excluding hydrogens is 332 g/mol. The van der Waals surface area contributed by atoms with E-state index in [9.17, 15) is 13.2 Å².